The number of halogens is 1. The number of aliphatic carboxylic acids is 1. The van der Waals surface area contributed by atoms with E-state index in [4.69, 9.17) is 4.74 Å². The zero-order valence-electron chi connectivity index (χ0n) is 12.8. The molecule has 0 radical (unpaired) electrons. The molecule has 0 aliphatic carbocycles. The fourth-order valence-corrected chi connectivity index (χ4v) is 2.86. The molecule has 6 heteroatoms. The molecule has 3 rings (SSSR count). The number of rotatable bonds is 3. The molecule has 0 aromatic heterocycles. The average Bonchev–Trinajstić information content (AvgIpc) is 2.59. The van der Waals surface area contributed by atoms with Crippen LogP contribution >= 0.6 is 0 Å². The molecule has 24 heavy (non-hydrogen) atoms. The van der Waals surface area contributed by atoms with E-state index in [1.54, 1.807) is 0 Å². The highest BCUT2D eigenvalue weighted by molar-refractivity contribution is 5.82. The maximum Gasteiger partial charge on any atom is 0.411 e. The van der Waals surface area contributed by atoms with E-state index in [2.05, 4.69) is 0 Å². The Hall–Kier alpha value is -2.89. The van der Waals surface area contributed by atoms with Crippen molar-refractivity contribution >= 4 is 12.1 Å². The molecule has 1 atom stereocenters. The maximum absolute atomic E-state index is 13.3. The minimum absolute atomic E-state index is 0.0682. The lowest BCUT2D eigenvalue weighted by Crippen LogP contribution is -2.43. The molecule has 1 N–H and O–H groups in total. The number of benzene rings is 2. The minimum Gasteiger partial charge on any atom is -0.479 e. The molecule has 1 unspecified atom stereocenters. The Kier molecular flexibility index (Phi) is 4.46. The summed E-state index contributed by atoms with van der Waals surface area (Å²) < 4.78 is 18.6. The Bertz CT molecular complexity index is 763. The van der Waals surface area contributed by atoms with Crippen molar-refractivity contribution in [3.05, 3.63) is 71.0 Å². The number of carboxylic acid groups (broad SMARTS) is 1. The van der Waals surface area contributed by atoms with Gasteiger partial charge in [0.05, 0.1) is 0 Å². The van der Waals surface area contributed by atoms with Crippen LogP contribution in [-0.4, -0.2) is 28.6 Å². The first-order valence-electron chi connectivity index (χ1n) is 7.54. The van der Waals surface area contributed by atoms with Gasteiger partial charge in [0, 0.05) is 6.54 Å². The van der Waals surface area contributed by atoms with Gasteiger partial charge in [0.15, 0.2) is 6.04 Å². The number of hydrogen-bond acceptors (Lipinski definition) is 3. The number of amides is 1. The van der Waals surface area contributed by atoms with E-state index in [1.165, 1.54) is 23.1 Å². The fourth-order valence-electron chi connectivity index (χ4n) is 2.86. The first-order chi connectivity index (χ1) is 11.6. The molecule has 0 spiro atoms. The van der Waals surface area contributed by atoms with Crippen LogP contribution in [0.15, 0.2) is 48.5 Å². The van der Waals surface area contributed by atoms with Gasteiger partial charge in [-0.1, -0.05) is 36.4 Å². The summed E-state index contributed by atoms with van der Waals surface area (Å²) in [6.07, 6.45) is -0.307. The van der Waals surface area contributed by atoms with Crippen molar-refractivity contribution in [2.24, 2.45) is 0 Å². The van der Waals surface area contributed by atoms with E-state index in [-0.39, 0.29) is 13.2 Å². The minimum atomic E-state index is -1.17. The highest BCUT2D eigenvalue weighted by Crippen LogP contribution is 2.31. The van der Waals surface area contributed by atoms with E-state index in [0.29, 0.717) is 17.5 Å². The molecule has 1 heterocycles. The summed E-state index contributed by atoms with van der Waals surface area (Å²) in [7, 11) is 0. The van der Waals surface area contributed by atoms with Crippen LogP contribution in [0.25, 0.3) is 0 Å². The SMILES string of the molecule is O=C(O)C1c2ccc(F)cc2CCN1C(=O)OCc1ccccc1. The van der Waals surface area contributed by atoms with Crippen molar-refractivity contribution in [1.82, 2.24) is 4.90 Å². The predicted octanol–water partition coefficient (Wildman–Crippen LogP) is 3.15. The molecule has 1 amide bonds. The predicted molar refractivity (Wildman–Crippen MR) is 83.8 cm³/mol. The standard InChI is InChI=1S/C18H16FNO4/c19-14-6-7-15-13(10-14)8-9-20(16(15)17(21)22)18(23)24-11-12-4-2-1-3-5-12/h1-7,10,16H,8-9,11H2,(H,21,22). The fraction of sp³-hybridized carbons (Fsp3) is 0.222. The van der Waals surface area contributed by atoms with Gasteiger partial charge in [0.1, 0.15) is 12.4 Å². The second kappa shape index (κ2) is 6.70. The highest BCUT2D eigenvalue weighted by Gasteiger charge is 2.37. The summed E-state index contributed by atoms with van der Waals surface area (Å²) in [5, 5.41) is 9.52. The normalized spacial score (nSPS) is 16.4. The van der Waals surface area contributed by atoms with Gasteiger partial charge in [-0.05, 0) is 35.2 Å². The summed E-state index contributed by atoms with van der Waals surface area (Å²) in [5.74, 6) is -1.59. The molecule has 0 saturated heterocycles. The first-order valence-corrected chi connectivity index (χ1v) is 7.54. The van der Waals surface area contributed by atoms with Crippen molar-refractivity contribution < 1.29 is 23.8 Å². The molecule has 124 valence electrons. The van der Waals surface area contributed by atoms with Crippen molar-refractivity contribution in [3.63, 3.8) is 0 Å². The number of nitrogens with zero attached hydrogens (tertiary/aromatic N) is 1. The van der Waals surface area contributed by atoms with Crippen LogP contribution in [-0.2, 0) is 22.6 Å². The molecular weight excluding hydrogens is 313 g/mol. The van der Waals surface area contributed by atoms with E-state index < -0.39 is 23.9 Å². The van der Waals surface area contributed by atoms with Gasteiger partial charge in [0.25, 0.3) is 0 Å². The van der Waals surface area contributed by atoms with Gasteiger partial charge < -0.3 is 9.84 Å². The van der Waals surface area contributed by atoms with Gasteiger partial charge in [0.2, 0.25) is 0 Å². The second-order valence-electron chi connectivity index (χ2n) is 5.57. The number of carbonyl (C=O) groups is 2. The topological polar surface area (TPSA) is 66.8 Å². The van der Waals surface area contributed by atoms with Gasteiger partial charge >= 0.3 is 12.1 Å². The van der Waals surface area contributed by atoms with Crippen molar-refractivity contribution in [2.75, 3.05) is 6.54 Å². The lowest BCUT2D eigenvalue weighted by Gasteiger charge is -2.33. The summed E-state index contributed by atoms with van der Waals surface area (Å²) in [5.41, 5.74) is 1.85. The van der Waals surface area contributed by atoms with Crippen molar-refractivity contribution in [1.29, 1.82) is 0 Å². The van der Waals surface area contributed by atoms with Gasteiger partial charge in [-0.2, -0.15) is 0 Å². The Balaban J connectivity index is 1.78. The Morgan fingerprint density at radius 1 is 1.21 bits per heavy atom. The van der Waals surface area contributed by atoms with Gasteiger partial charge in [-0.25, -0.2) is 14.0 Å². The van der Waals surface area contributed by atoms with Crippen molar-refractivity contribution in [2.45, 2.75) is 19.1 Å². The molecule has 0 bridgehead atoms. The molecular formula is C18H16FNO4. The molecule has 5 nitrogen and oxygen atoms in total. The third-order valence-electron chi connectivity index (χ3n) is 4.01. The monoisotopic (exact) mass is 329 g/mol. The molecule has 2 aromatic rings. The summed E-state index contributed by atoms with van der Waals surface area (Å²) in [6, 6.07) is 11.9. The van der Waals surface area contributed by atoms with E-state index in [0.717, 1.165) is 5.56 Å². The molecule has 1 aliphatic heterocycles. The van der Waals surface area contributed by atoms with Gasteiger partial charge in [-0.15, -0.1) is 0 Å². The van der Waals surface area contributed by atoms with Crippen LogP contribution in [0, 0.1) is 5.82 Å². The summed E-state index contributed by atoms with van der Waals surface area (Å²) in [4.78, 5) is 25.1. The maximum atomic E-state index is 13.3. The van der Waals surface area contributed by atoms with Gasteiger partial charge in [-0.3, -0.25) is 4.90 Å². The quantitative estimate of drug-likeness (QED) is 0.939. The zero-order chi connectivity index (χ0) is 17.1. The average molecular weight is 329 g/mol. The van der Waals surface area contributed by atoms with Crippen LogP contribution in [0.3, 0.4) is 0 Å². The lowest BCUT2D eigenvalue weighted by molar-refractivity contribution is -0.143. The highest BCUT2D eigenvalue weighted by atomic mass is 19.1. The van der Waals surface area contributed by atoms with Crippen molar-refractivity contribution in [3.8, 4) is 0 Å². The molecule has 1 aliphatic rings. The van der Waals surface area contributed by atoms with Crippen LogP contribution in [0.5, 0.6) is 0 Å². The van der Waals surface area contributed by atoms with E-state index in [9.17, 15) is 19.1 Å². The molecule has 0 fully saturated rings. The largest absolute Gasteiger partial charge is 0.479 e. The Morgan fingerprint density at radius 3 is 2.67 bits per heavy atom. The third-order valence-corrected chi connectivity index (χ3v) is 4.01. The Labute approximate surface area is 138 Å². The van der Waals surface area contributed by atoms with Crippen LogP contribution in [0.2, 0.25) is 0 Å². The zero-order valence-corrected chi connectivity index (χ0v) is 12.8. The smallest absolute Gasteiger partial charge is 0.411 e. The van der Waals surface area contributed by atoms with E-state index in [1.807, 2.05) is 30.3 Å². The summed E-state index contributed by atoms with van der Waals surface area (Å²) in [6.45, 7) is 0.236. The second-order valence-corrected chi connectivity index (χ2v) is 5.57. The molecule has 0 saturated carbocycles. The number of carboxylic acids is 1. The summed E-state index contributed by atoms with van der Waals surface area (Å²) >= 11 is 0. The van der Waals surface area contributed by atoms with Crippen LogP contribution in [0.4, 0.5) is 9.18 Å². The van der Waals surface area contributed by atoms with E-state index >= 15 is 0 Å². The van der Waals surface area contributed by atoms with Crippen LogP contribution < -0.4 is 0 Å². The number of fused-ring (bicyclic) bond motifs is 1. The number of carbonyl (C=O) groups excluding carboxylic acids is 1. The van der Waals surface area contributed by atoms with Crippen LogP contribution in [0.1, 0.15) is 22.7 Å². The third kappa shape index (κ3) is 3.22. The molecule has 2 aromatic carbocycles. The lowest BCUT2D eigenvalue weighted by atomic mass is 9.93. The number of hydrogen-bond donors (Lipinski definition) is 1. The number of ether oxygens (including phenoxy) is 1. The first kappa shape index (κ1) is 16.0. The Morgan fingerprint density at radius 2 is 1.96 bits per heavy atom.